The quantitative estimate of drug-likeness (QED) is 0.564. The Kier molecular flexibility index (Phi) is 5.14. The molecule has 11 heteroatoms. The average Bonchev–Trinajstić information content (AvgIpc) is 3.24. The zero-order valence-corrected chi connectivity index (χ0v) is 17.9. The number of hydrogen-bond donors (Lipinski definition) is 2. The van der Waals surface area contributed by atoms with Crippen molar-refractivity contribution in [2.45, 2.75) is 22.7 Å². The molecule has 1 fully saturated rings. The Morgan fingerprint density at radius 1 is 1.16 bits per heavy atom. The Bertz CT molecular complexity index is 1290. The van der Waals surface area contributed by atoms with Gasteiger partial charge in [0.1, 0.15) is 17.6 Å². The SMILES string of the molecule is O=C(Cn1c2c(sc1=O)C(c1cccnc1)C1C(=O)NC(=O)C1S2)Nc1ccc(F)cc1. The van der Waals surface area contributed by atoms with Crippen LogP contribution < -0.4 is 15.5 Å². The molecule has 0 aliphatic carbocycles. The van der Waals surface area contributed by atoms with E-state index < -0.39 is 34.7 Å². The minimum Gasteiger partial charge on any atom is -0.325 e. The van der Waals surface area contributed by atoms with Gasteiger partial charge in [0, 0.05) is 28.9 Å². The number of imide groups is 1. The monoisotopic (exact) mass is 470 g/mol. The average molecular weight is 471 g/mol. The van der Waals surface area contributed by atoms with Crippen LogP contribution >= 0.6 is 23.1 Å². The van der Waals surface area contributed by atoms with E-state index in [1.807, 2.05) is 0 Å². The van der Waals surface area contributed by atoms with Gasteiger partial charge in [-0.1, -0.05) is 29.2 Å². The van der Waals surface area contributed by atoms with Crippen LogP contribution in [0.1, 0.15) is 16.4 Å². The van der Waals surface area contributed by atoms with Crippen molar-refractivity contribution in [1.82, 2.24) is 14.9 Å². The first-order valence-electron chi connectivity index (χ1n) is 9.62. The van der Waals surface area contributed by atoms with Crippen molar-refractivity contribution in [3.05, 3.63) is 74.7 Å². The van der Waals surface area contributed by atoms with E-state index in [9.17, 15) is 23.6 Å². The predicted octanol–water partition coefficient (Wildman–Crippen LogP) is 1.96. The third kappa shape index (κ3) is 3.53. The van der Waals surface area contributed by atoms with Gasteiger partial charge in [-0.2, -0.15) is 0 Å². The molecule has 0 radical (unpaired) electrons. The van der Waals surface area contributed by atoms with Crippen LogP contribution in [0.5, 0.6) is 0 Å². The smallest absolute Gasteiger partial charge is 0.308 e. The first kappa shape index (κ1) is 20.6. The number of thioether (sulfide) groups is 1. The first-order chi connectivity index (χ1) is 15.4. The molecule has 3 atom stereocenters. The van der Waals surface area contributed by atoms with Gasteiger partial charge in [-0.3, -0.25) is 34.0 Å². The van der Waals surface area contributed by atoms with Crippen LogP contribution in [-0.2, 0) is 20.9 Å². The van der Waals surface area contributed by atoms with Crippen molar-refractivity contribution >= 4 is 46.5 Å². The van der Waals surface area contributed by atoms with E-state index in [2.05, 4.69) is 15.6 Å². The molecule has 2 aromatic heterocycles. The Morgan fingerprint density at radius 2 is 1.94 bits per heavy atom. The maximum atomic E-state index is 13.1. The molecule has 32 heavy (non-hydrogen) atoms. The number of rotatable bonds is 4. The van der Waals surface area contributed by atoms with Gasteiger partial charge in [0.2, 0.25) is 17.7 Å². The number of nitrogens with one attached hydrogen (secondary N) is 2. The standard InChI is InChI=1S/C21H15FN4O4S2/c22-11-3-5-12(6-4-11)24-13(27)9-26-20-17(32-21(26)30)14(10-2-1-7-23-8-10)15-16(31-20)19(29)25-18(15)28/h1-8,14-16H,9H2,(H,24,27)(H,25,28,29). The van der Waals surface area contributed by atoms with Gasteiger partial charge in [0.05, 0.1) is 10.9 Å². The van der Waals surface area contributed by atoms with Crippen molar-refractivity contribution in [2.75, 3.05) is 5.32 Å². The number of amides is 3. The number of fused-ring (bicyclic) bond motifs is 2. The molecule has 2 aliphatic rings. The summed E-state index contributed by atoms with van der Waals surface area (Å²) in [4.78, 5) is 54.8. The van der Waals surface area contributed by atoms with E-state index in [1.54, 1.807) is 24.5 Å². The Morgan fingerprint density at radius 3 is 2.66 bits per heavy atom. The molecular weight excluding hydrogens is 455 g/mol. The minimum atomic E-state index is -0.708. The summed E-state index contributed by atoms with van der Waals surface area (Å²) < 4.78 is 14.4. The Labute approximate surface area is 188 Å². The first-order valence-corrected chi connectivity index (χ1v) is 11.3. The van der Waals surface area contributed by atoms with Crippen LogP contribution in [0.15, 0.2) is 58.6 Å². The van der Waals surface area contributed by atoms with Crippen molar-refractivity contribution in [1.29, 1.82) is 0 Å². The fourth-order valence-corrected chi connectivity index (χ4v) is 6.71. The zero-order chi connectivity index (χ0) is 22.4. The van der Waals surface area contributed by atoms with Crippen LogP contribution in [0.2, 0.25) is 0 Å². The van der Waals surface area contributed by atoms with E-state index in [1.165, 1.54) is 28.8 Å². The van der Waals surface area contributed by atoms with Gasteiger partial charge in [-0.15, -0.1) is 0 Å². The molecule has 3 unspecified atom stereocenters. The molecule has 5 rings (SSSR count). The molecule has 4 heterocycles. The zero-order valence-electron chi connectivity index (χ0n) is 16.3. The van der Waals surface area contributed by atoms with Crippen molar-refractivity contribution in [3.63, 3.8) is 0 Å². The highest BCUT2D eigenvalue weighted by Crippen LogP contribution is 2.51. The molecule has 162 valence electrons. The maximum absolute atomic E-state index is 13.1. The molecule has 3 aromatic rings. The largest absolute Gasteiger partial charge is 0.325 e. The molecule has 8 nitrogen and oxygen atoms in total. The number of thiazole rings is 1. The minimum absolute atomic E-state index is 0.276. The molecule has 0 saturated carbocycles. The molecular formula is C21H15FN4O4S2. The topological polar surface area (TPSA) is 110 Å². The summed E-state index contributed by atoms with van der Waals surface area (Å²) >= 11 is 2.09. The lowest BCUT2D eigenvalue weighted by atomic mass is 9.84. The molecule has 1 aromatic carbocycles. The highest BCUT2D eigenvalue weighted by Gasteiger charge is 2.52. The normalized spacial score (nSPS) is 21.6. The summed E-state index contributed by atoms with van der Waals surface area (Å²) in [6, 6.07) is 8.82. The van der Waals surface area contributed by atoms with Gasteiger partial charge in [-0.25, -0.2) is 4.39 Å². The number of nitrogens with zero attached hydrogens (tertiary/aromatic N) is 2. The van der Waals surface area contributed by atoms with Crippen LogP contribution in [-0.4, -0.2) is 32.5 Å². The fraction of sp³-hybridized carbons (Fsp3) is 0.190. The van der Waals surface area contributed by atoms with Gasteiger partial charge >= 0.3 is 4.87 Å². The fourth-order valence-electron chi connectivity index (χ4n) is 3.97. The van der Waals surface area contributed by atoms with E-state index in [4.69, 9.17) is 0 Å². The van der Waals surface area contributed by atoms with Crippen molar-refractivity contribution in [3.8, 4) is 0 Å². The number of pyridine rings is 1. The summed E-state index contributed by atoms with van der Waals surface area (Å²) in [5.74, 6) is -2.87. The summed E-state index contributed by atoms with van der Waals surface area (Å²) in [5.41, 5.74) is 1.12. The Hall–Kier alpha value is -3.31. The van der Waals surface area contributed by atoms with Crippen LogP contribution in [0.25, 0.3) is 0 Å². The van der Waals surface area contributed by atoms with Crippen LogP contribution in [0.3, 0.4) is 0 Å². The van der Waals surface area contributed by atoms with Gasteiger partial charge in [0.15, 0.2) is 0 Å². The lowest BCUT2D eigenvalue weighted by Crippen LogP contribution is -2.32. The van der Waals surface area contributed by atoms with E-state index in [0.29, 0.717) is 15.6 Å². The molecule has 1 saturated heterocycles. The number of aromatic nitrogens is 2. The lowest BCUT2D eigenvalue weighted by molar-refractivity contribution is -0.126. The number of carbonyl (C=O) groups excluding carboxylic acids is 3. The van der Waals surface area contributed by atoms with Gasteiger partial charge in [-0.05, 0) is 35.9 Å². The highest BCUT2D eigenvalue weighted by molar-refractivity contribution is 8.00. The van der Waals surface area contributed by atoms with Crippen molar-refractivity contribution in [2.24, 2.45) is 5.92 Å². The summed E-state index contributed by atoms with van der Waals surface area (Å²) in [6.07, 6.45) is 3.22. The molecule has 2 N–H and O–H groups in total. The third-order valence-corrected chi connectivity index (χ3v) is 7.98. The molecule has 0 spiro atoms. The second-order valence-corrected chi connectivity index (χ2v) is 9.48. The second kappa shape index (κ2) is 7.99. The second-order valence-electron chi connectivity index (χ2n) is 7.36. The Balaban J connectivity index is 1.52. The third-order valence-electron chi connectivity index (χ3n) is 5.36. The highest BCUT2D eigenvalue weighted by atomic mass is 32.2. The number of hydrogen-bond acceptors (Lipinski definition) is 7. The number of halogens is 1. The van der Waals surface area contributed by atoms with E-state index >= 15 is 0 Å². The van der Waals surface area contributed by atoms with Gasteiger partial charge in [0.25, 0.3) is 0 Å². The summed E-state index contributed by atoms with van der Waals surface area (Å²) in [5, 5.41) is 4.80. The number of benzene rings is 1. The van der Waals surface area contributed by atoms with Crippen LogP contribution in [0.4, 0.5) is 10.1 Å². The molecule has 0 bridgehead atoms. The summed E-state index contributed by atoms with van der Waals surface area (Å²) in [6.45, 7) is -0.276. The van der Waals surface area contributed by atoms with Crippen LogP contribution in [0, 0.1) is 11.7 Å². The van der Waals surface area contributed by atoms with Crippen molar-refractivity contribution < 1.29 is 18.8 Å². The molecule has 2 aliphatic heterocycles. The van der Waals surface area contributed by atoms with E-state index in [-0.39, 0.29) is 17.3 Å². The lowest BCUT2D eigenvalue weighted by Gasteiger charge is -2.30. The number of anilines is 1. The predicted molar refractivity (Wildman–Crippen MR) is 116 cm³/mol. The molecule has 3 amide bonds. The number of carbonyl (C=O) groups is 3. The summed E-state index contributed by atoms with van der Waals surface area (Å²) in [7, 11) is 0. The van der Waals surface area contributed by atoms with E-state index in [0.717, 1.165) is 28.7 Å². The van der Waals surface area contributed by atoms with Gasteiger partial charge < -0.3 is 5.32 Å². The maximum Gasteiger partial charge on any atom is 0.308 e.